The van der Waals surface area contributed by atoms with E-state index in [0.29, 0.717) is 11.1 Å². The van der Waals surface area contributed by atoms with Crippen molar-refractivity contribution in [3.63, 3.8) is 0 Å². The molecule has 86 valence electrons. The van der Waals surface area contributed by atoms with Crippen molar-refractivity contribution in [2.45, 2.75) is 13.8 Å². The van der Waals surface area contributed by atoms with Crippen molar-refractivity contribution in [2.24, 2.45) is 0 Å². The molecular weight excluding hydrogens is 215 g/mol. The molecule has 0 bridgehead atoms. The van der Waals surface area contributed by atoms with Gasteiger partial charge in [-0.25, -0.2) is 4.39 Å². The van der Waals surface area contributed by atoms with Crippen LogP contribution >= 0.6 is 0 Å². The van der Waals surface area contributed by atoms with Crippen LogP contribution in [-0.2, 0) is 0 Å². The van der Waals surface area contributed by atoms with E-state index in [4.69, 9.17) is 0 Å². The fourth-order valence-electron chi connectivity index (χ4n) is 1.74. The molecule has 17 heavy (non-hydrogen) atoms. The number of ketones is 1. The molecule has 0 fully saturated rings. The van der Waals surface area contributed by atoms with Crippen molar-refractivity contribution < 1.29 is 9.18 Å². The van der Waals surface area contributed by atoms with E-state index in [1.807, 2.05) is 32.0 Å². The summed E-state index contributed by atoms with van der Waals surface area (Å²) in [7, 11) is 0. The molecule has 0 heterocycles. The third kappa shape index (κ3) is 2.41. The summed E-state index contributed by atoms with van der Waals surface area (Å²) < 4.78 is 12.8. The number of benzene rings is 2. The molecule has 1 nitrogen and oxygen atoms in total. The molecule has 0 radical (unpaired) electrons. The van der Waals surface area contributed by atoms with Crippen LogP contribution < -0.4 is 0 Å². The molecule has 0 amide bonds. The monoisotopic (exact) mass is 228 g/mol. The Morgan fingerprint density at radius 3 is 2.29 bits per heavy atom. The predicted octanol–water partition coefficient (Wildman–Crippen LogP) is 3.67. The quantitative estimate of drug-likeness (QED) is 0.717. The van der Waals surface area contributed by atoms with E-state index in [1.54, 1.807) is 0 Å². The van der Waals surface area contributed by atoms with Gasteiger partial charge in [0.2, 0.25) is 0 Å². The van der Waals surface area contributed by atoms with Crippen molar-refractivity contribution in [1.82, 2.24) is 0 Å². The first-order chi connectivity index (χ1) is 8.08. The number of rotatable bonds is 2. The van der Waals surface area contributed by atoms with Gasteiger partial charge in [-0.2, -0.15) is 0 Å². The van der Waals surface area contributed by atoms with E-state index in [9.17, 15) is 9.18 Å². The molecule has 0 aliphatic carbocycles. The van der Waals surface area contributed by atoms with Crippen LogP contribution in [0, 0.1) is 19.7 Å². The predicted molar refractivity (Wildman–Crippen MR) is 65.7 cm³/mol. The molecule has 2 aromatic carbocycles. The van der Waals surface area contributed by atoms with Crippen molar-refractivity contribution >= 4 is 5.78 Å². The number of halogens is 1. The molecule has 0 saturated carbocycles. The van der Waals surface area contributed by atoms with Crippen LogP contribution in [0.3, 0.4) is 0 Å². The molecule has 0 atom stereocenters. The summed E-state index contributed by atoms with van der Waals surface area (Å²) in [5.41, 5.74) is 3.17. The molecule has 2 rings (SSSR count). The lowest BCUT2D eigenvalue weighted by Gasteiger charge is -2.06. The lowest BCUT2D eigenvalue weighted by Crippen LogP contribution is -2.04. The highest BCUT2D eigenvalue weighted by Gasteiger charge is 2.11. The van der Waals surface area contributed by atoms with Crippen LogP contribution in [0.1, 0.15) is 27.0 Å². The third-order valence-electron chi connectivity index (χ3n) is 2.74. The van der Waals surface area contributed by atoms with Crippen LogP contribution in [0.4, 0.5) is 4.39 Å². The van der Waals surface area contributed by atoms with Gasteiger partial charge in [0.15, 0.2) is 5.78 Å². The van der Waals surface area contributed by atoms with Crippen LogP contribution in [0.2, 0.25) is 0 Å². The molecule has 2 aromatic rings. The molecule has 0 aliphatic heterocycles. The Labute approximate surface area is 99.9 Å². The summed E-state index contributed by atoms with van der Waals surface area (Å²) in [5.74, 6) is -0.395. The topological polar surface area (TPSA) is 17.1 Å². The largest absolute Gasteiger partial charge is 0.289 e. The van der Waals surface area contributed by atoms with E-state index in [0.717, 1.165) is 11.1 Å². The summed E-state index contributed by atoms with van der Waals surface area (Å²) in [4.78, 5) is 12.2. The average Bonchev–Trinajstić information content (AvgIpc) is 2.32. The van der Waals surface area contributed by atoms with Crippen molar-refractivity contribution in [2.75, 3.05) is 0 Å². The Balaban J connectivity index is 2.43. The molecular formula is C15H13FO. The smallest absolute Gasteiger partial charge is 0.193 e. The minimum absolute atomic E-state index is 0.0637. The fourth-order valence-corrected chi connectivity index (χ4v) is 1.74. The number of carbonyl (C=O) groups is 1. The van der Waals surface area contributed by atoms with Gasteiger partial charge in [0.25, 0.3) is 0 Å². The first-order valence-electron chi connectivity index (χ1n) is 5.45. The highest BCUT2D eigenvalue weighted by molar-refractivity contribution is 6.09. The summed E-state index contributed by atoms with van der Waals surface area (Å²) in [6.07, 6.45) is 0. The van der Waals surface area contributed by atoms with E-state index in [1.165, 1.54) is 24.3 Å². The summed E-state index contributed by atoms with van der Waals surface area (Å²) in [5, 5.41) is 0. The SMILES string of the molecule is Cc1ccc(C)c(C(=O)c2ccc(F)cc2)c1. The Bertz CT molecular complexity index is 556. The van der Waals surface area contributed by atoms with Gasteiger partial charge in [-0.15, -0.1) is 0 Å². The average molecular weight is 228 g/mol. The van der Waals surface area contributed by atoms with Crippen LogP contribution in [0.25, 0.3) is 0 Å². The summed E-state index contributed by atoms with van der Waals surface area (Å²) in [6.45, 7) is 3.84. The van der Waals surface area contributed by atoms with E-state index < -0.39 is 0 Å². The van der Waals surface area contributed by atoms with Crippen molar-refractivity contribution in [3.05, 3.63) is 70.5 Å². The van der Waals surface area contributed by atoms with Gasteiger partial charge >= 0.3 is 0 Å². The second kappa shape index (κ2) is 4.50. The fraction of sp³-hybridized carbons (Fsp3) is 0.133. The van der Waals surface area contributed by atoms with Crippen LogP contribution in [0.5, 0.6) is 0 Å². The molecule has 0 saturated heterocycles. The molecule has 0 aromatic heterocycles. The number of carbonyl (C=O) groups excluding carboxylic acids is 1. The van der Waals surface area contributed by atoms with Crippen LogP contribution in [0.15, 0.2) is 42.5 Å². The zero-order valence-corrected chi connectivity index (χ0v) is 9.83. The zero-order chi connectivity index (χ0) is 12.4. The molecule has 0 unspecified atom stereocenters. The molecule has 0 aliphatic rings. The van der Waals surface area contributed by atoms with Gasteiger partial charge < -0.3 is 0 Å². The lowest BCUT2D eigenvalue weighted by molar-refractivity contribution is 0.103. The zero-order valence-electron chi connectivity index (χ0n) is 9.83. The highest BCUT2D eigenvalue weighted by atomic mass is 19.1. The second-order valence-electron chi connectivity index (χ2n) is 4.15. The Morgan fingerprint density at radius 2 is 1.65 bits per heavy atom. The number of hydrogen-bond acceptors (Lipinski definition) is 1. The maximum Gasteiger partial charge on any atom is 0.193 e. The maximum atomic E-state index is 12.8. The minimum Gasteiger partial charge on any atom is -0.289 e. The normalized spacial score (nSPS) is 10.3. The molecule has 0 spiro atoms. The second-order valence-corrected chi connectivity index (χ2v) is 4.15. The van der Waals surface area contributed by atoms with Gasteiger partial charge in [-0.05, 0) is 49.7 Å². The minimum atomic E-state index is -0.331. The van der Waals surface area contributed by atoms with Gasteiger partial charge in [0.1, 0.15) is 5.82 Å². The van der Waals surface area contributed by atoms with Gasteiger partial charge in [-0.3, -0.25) is 4.79 Å². The molecule has 0 N–H and O–H groups in total. The van der Waals surface area contributed by atoms with E-state index in [2.05, 4.69) is 0 Å². The first kappa shape index (κ1) is 11.5. The Hall–Kier alpha value is -1.96. The van der Waals surface area contributed by atoms with Gasteiger partial charge in [-0.1, -0.05) is 17.7 Å². The Morgan fingerprint density at radius 1 is 1.00 bits per heavy atom. The van der Waals surface area contributed by atoms with Gasteiger partial charge in [0.05, 0.1) is 0 Å². The van der Waals surface area contributed by atoms with E-state index >= 15 is 0 Å². The van der Waals surface area contributed by atoms with E-state index in [-0.39, 0.29) is 11.6 Å². The number of hydrogen-bond donors (Lipinski definition) is 0. The molecule has 2 heteroatoms. The number of aryl methyl sites for hydroxylation is 2. The standard InChI is InChI=1S/C15H13FO/c1-10-3-4-11(2)14(9-10)15(17)12-5-7-13(16)8-6-12/h3-9H,1-2H3. The highest BCUT2D eigenvalue weighted by Crippen LogP contribution is 2.16. The first-order valence-corrected chi connectivity index (χ1v) is 5.45. The maximum absolute atomic E-state index is 12.8. The summed E-state index contributed by atoms with van der Waals surface area (Å²) in [6, 6.07) is 11.4. The van der Waals surface area contributed by atoms with Crippen molar-refractivity contribution in [1.29, 1.82) is 0 Å². The van der Waals surface area contributed by atoms with Gasteiger partial charge in [0, 0.05) is 11.1 Å². The third-order valence-corrected chi connectivity index (χ3v) is 2.74. The Kier molecular flexibility index (Phi) is 3.05. The lowest BCUT2D eigenvalue weighted by atomic mass is 9.97. The van der Waals surface area contributed by atoms with Crippen molar-refractivity contribution in [3.8, 4) is 0 Å². The van der Waals surface area contributed by atoms with Crippen LogP contribution in [-0.4, -0.2) is 5.78 Å². The summed E-state index contributed by atoms with van der Waals surface area (Å²) >= 11 is 0.